The maximum absolute atomic E-state index is 14.1. The van der Waals surface area contributed by atoms with Crippen LogP contribution >= 0.6 is 11.6 Å². The Morgan fingerprint density at radius 3 is 2.05 bits per heavy atom. The average Bonchev–Trinajstić information content (AvgIpc) is 2.94. The Balaban J connectivity index is 2.04. The van der Waals surface area contributed by atoms with Crippen molar-refractivity contribution in [2.75, 3.05) is 39.3 Å². The van der Waals surface area contributed by atoms with Crippen LogP contribution in [-0.4, -0.2) is 49.3 Å². The molecule has 0 fully saturated rings. The van der Waals surface area contributed by atoms with E-state index in [9.17, 15) is 13.2 Å². The summed E-state index contributed by atoms with van der Waals surface area (Å²) in [6, 6.07) is 15.8. The number of nitrogens with zero attached hydrogens (tertiary/aromatic N) is 1. The number of benzene rings is 3. The van der Waals surface area contributed by atoms with Gasteiger partial charge in [-0.15, -0.1) is 0 Å². The highest BCUT2D eigenvalue weighted by molar-refractivity contribution is 7.92. The van der Waals surface area contributed by atoms with E-state index in [1.54, 1.807) is 19.2 Å². The van der Waals surface area contributed by atoms with E-state index in [-0.39, 0.29) is 39.1 Å². The van der Waals surface area contributed by atoms with Crippen LogP contribution in [0.3, 0.4) is 0 Å². The Labute approximate surface area is 241 Å². The van der Waals surface area contributed by atoms with Gasteiger partial charge in [0, 0.05) is 11.1 Å². The first-order chi connectivity index (χ1) is 19.0. The number of amides is 1. The number of sulfonamides is 1. The zero-order valence-electron chi connectivity index (χ0n) is 23.4. The molecule has 0 aliphatic heterocycles. The minimum Gasteiger partial charge on any atom is -0.497 e. The maximum Gasteiger partial charge on any atom is 0.265 e. The van der Waals surface area contributed by atoms with Crippen molar-refractivity contribution in [3.63, 3.8) is 0 Å². The minimum atomic E-state index is -4.31. The Bertz CT molecular complexity index is 1410. The zero-order chi connectivity index (χ0) is 29.4. The summed E-state index contributed by atoms with van der Waals surface area (Å²) in [4.78, 5) is 13.4. The molecule has 40 heavy (non-hydrogen) atoms. The van der Waals surface area contributed by atoms with E-state index in [1.807, 2.05) is 38.1 Å². The van der Waals surface area contributed by atoms with Gasteiger partial charge in [-0.25, -0.2) is 8.42 Å². The molecule has 0 aliphatic rings. The van der Waals surface area contributed by atoms with Crippen LogP contribution in [0.2, 0.25) is 5.02 Å². The van der Waals surface area contributed by atoms with Gasteiger partial charge in [0.25, 0.3) is 10.0 Å². The summed E-state index contributed by atoms with van der Waals surface area (Å²) >= 11 is 6.26. The molecule has 3 aromatic carbocycles. The van der Waals surface area contributed by atoms with Gasteiger partial charge in [0.05, 0.1) is 45.1 Å². The van der Waals surface area contributed by atoms with Crippen molar-refractivity contribution >= 4 is 33.2 Å². The van der Waals surface area contributed by atoms with Gasteiger partial charge < -0.3 is 24.3 Å². The third-order valence-electron chi connectivity index (χ3n) is 6.20. The number of carbonyl (C=O) groups is 1. The van der Waals surface area contributed by atoms with E-state index in [4.69, 9.17) is 30.5 Å². The van der Waals surface area contributed by atoms with E-state index >= 15 is 0 Å². The molecule has 0 aliphatic carbocycles. The predicted molar refractivity (Wildman–Crippen MR) is 155 cm³/mol. The summed E-state index contributed by atoms with van der Waals surface area (Å²) in [5, 5.41) is 3.29. The predicted octanol–water partition coefficient (Wildman–Crippen LogP) is 5.47. The summed E-state index contributed by atoms with van der Waals surface area (Å²) in [5.74, 6) is 1.26. The second-order valence-electron chi connectivity index (χ2n) is 9.37. The molecule has 1 amide bonds. The largest absolute Gasteiger partial charge is 0.497 e. The van der Waals surface area contributed by atoms with Crippen molar-refractivity contribution in [2.45, 2.75) is 31.2 Å². The van der Waals surface area contributed by atoms with Crippen LogP contribution in [-0.2, 0) is 14.8 Å². The van der Waals surface area contributed by atoms with Crippen LogP contribution in [0.25, 0.3) is 0 Å². The second-order valence-corrected chi connectivity index (χ2v) is 11.7. The molecule has 1 atom stereocenters. The quantitative estimate of drug-likeness (QED) is 0.281. The van der Waals surface area contributed by atoms with E-state index in [2.05, 4.69) is 5.32 Å². The van der Waals surface area contributed by atoms with E-state index < -0.39 is 22.5 Å². The van der Waals surface area contributed by atoms with Gasteiger partial charge in [-0.3, -0.25) is 9.10 Å². The lowest BCUT2D eigenvalue weighted by Gasteiger charge is -2.28. The monoisotopic (exact) mass is 590 g/mol. The molecule has 0 saturated carbocycles. The summed E-state index contributed by atoms with van der Waals surface area (Å²) in [7, 11) is 1.55. The molecule has 0 aromatic heterocycles. The van der Waals surface area contributed by atoms with Gasteiger partial charge in [-0.05, 0) is 60.4 Å². The molecule has 3 rings (SSSR count). The van der Waals surface area contributed by atoms with Crippen LogP contribution in [0, 0.1) is 5.92 Å². The van der Waals surface area contributed by atoms with Gasteiger partial charge in [0.1, 0.15) is 18.0 Å². The lowest BCUT2D eigenvalue weighted by atomic mass is 9.97. The average molecular weight is 591 g/mol. The van der Waals surface area contributed by atoms with Crippen molar-refractivity contribution < 1.29 is 32.2 Å². The minimum absolute atomic E-state index is 0.103. The molecular weight excluding hydrogens is 556 g/mol. The number of hydrogen-bond donors (Lipinski definition) is 1. The molecule has 3 aromatic rings. The van der Waals surface area contributed by atoms with Crippen molar-refractivity contribution in [3.8, 4) is 23.0 Å². The number of methoxy groups -OCH3 is 4. The number of ether oxygens (including phenoxy) is 4. The number of nitrogens with one attached hydrogen (secondary N) is 1. The molecular formula is C29H35ClN2O7S. The molecule has 0 radical (unpaired) electrons. The molecule has 0 bridgehead atoms. The lowest BCUT2D eigenvalue weighted by Crippen LogP contribution is -2.42. The standard InChI is InChI=1S/C29H35ClN2O7S/c1-19(2)15-24(20-7-10-22(36-3)11-8-20)31-29(33)18-32(25-16-21(30)9-13-26(25)37-4)40(34,35)23-12-14-27(38-5)28(17-23)39-6/h7-14,16-17,19,24H,15,18H2,1-6H3,(H,31,33). The number of anilines is 1. The Morgan fingerprint density at radius 2 is 1.48 bits per heavy atom. The Morgan fingerprint density at radius 1 is 0.850 bits per heavy atom. The molecule has 0 saturated heterocycles. The first-order valence-electron chi connectivity index (χ1n) is 12.6. The van der Waals surface area contributed by atoms with Crippen LogP contribution < -0.4 is 28.6 Å². The SMILES string of the molecule is COc1ccc(C(CC(C)C)NC(=O)CN(c2cc(Cl)ccc2OC)S(=O)(=O)c2ccc(OC)c(OC)c2)cc1. The van der Waals surface area contributed by atoms with Crippen molar-refractivity contribution in [3.05, 3.63) is 71.2 Å². The van der Waals surface area contributed by atoms with Crippen LogP contribution in [0.15, 0.2) is 65.6 Å². The molecule has 0 heterocycles. The van der Waals surface area contributed by atoms with E-state index in [0.29, 0.717) is 17.9 Å². The van der Waals surface area contributed by atoms with Gasteiger partial charge in [-0.2, -0.15) is 0 Å². The molecule has 1 unspecified atom stereocenters. The van der Waals surface area contributed by atoms with Crippen molar-refractivity contribution in [1.29, 1.82) is 0 Å². The summed E-state index contributed by atoms with van der Waals surface area (Å²) < 4.78 is 50.4. The highest BCUT2D eigenvalue weighted by Gasteiger charge is 2.31. The van der Waals surface area contributed by atoms with Gasteiger partial charge in [-0.1, -0.05) is 37.6 Å². The second kappa shape index (κ2) is 13.6. The number of halogens is 1. The van der Waals surface area contributed by atoms with Crippen LogP contribution in [0.5, 0.6) is 23.0 Å². The van der Waals surface area contributed by atoms with Gasteiger partial charge in [0.2, 0.25) is 5.91 Å². The zero-order valence-corrected chi connectivity index (χ0v) is 25.0. The van der Waals surface area contributed by atoms with E-state index in [0.717, 1.165) is 9.87 Å². The fourth-order valence-corrected chi connectivity index (χ4v) is 5.82. The van der Waals surface area contributed by atoms with Gasteiger partial charge in [0.15, 0.2) is 11.5 Å². The van der Waals surface area contributed by atoms with Crippen LogP contribution in [0.1, 0.15) is 31.9 Å². The first kappa shape index (κ1) is 30.9. The molecule has 9 nitrogen and oxygen atoms in total. The molecule has 1 N–H and O–H groups in total. The summed E-state index contributed by atoms with van der Waals surface area (Å²) in [6.45, 7) is 3.57. The number of hydrogen-bond acceptors (Lipinski definition) is 7. The third kappa shape index (κ3) is 7.31. The highest BCUT2D eigenvalue weighted by atomic mass is 35.5. The highest BCUT2D eigenvalue weighted by Crippen LogP contribution is 2.37. The third-order valence-corrected chi connectivity index (χ3v) is 8.19. The van der Waals surface area contributed by atoms with E-state index in [1.165, 1.54) is 45.6 Å². The Kier molecular flexibility index (Phi) is 10.5. The number of carbonyl (C=O) groups excluding carboxylic acids is 1. The molecule has 11 heteroatoms. The molecule has 0 spiro atoms. The smallest absolute Gasteiger partial charge is 0.265 e. The van der Waals surface area contributed by atoms with Crippen molar-refractivity contribution in [1.82, 2.24) is 5.32 Å². The fraction of sp³-hybridized carbons (Fsp3) is 0.345. The lowest BCUT2D eigenvalue weighted by molar-refractivity contribution is -0.120. The first-order valence-corrected chi connectivity index (χ1v) is 14.4. The fourth-order valence-electron chi connectivity index (χ4n) is 4.22. The Hall–Kier alpha value is -3.63. The topological polar surface area (TPSA) is 103 Å². The summed E-state index contributed by atoms with van der Waals surface area (Å²) in [6.07, 6.45) is 0.640. The normalized spacial score (nSPS) is 12.0. The van der Waals surface area contributed by atoms with Crippen molar-refractivity contribution in [2.24, 2.45) is 5.92 Å². The number of rotatable bonds is 13. The van der Waals surface area contributed by atoms with Gasteiger partial charge >= 0.3 is 0 Å². The molecule has 216 valence electrons. The summed E-state index contributed by atoms with van der Waals surface area (Å²) in [5.41, 5.74) is 0.988. The van der Waals surface area contributed by atoms with Crippen LogP contribution in [0.4, 0.5) is 5.69 Å². The maximum atomic E-state index is 14.1.